The molecule has 0 aliphatic rings. The van der Waals surface area contributed by atoms with Gasteiger partial charge in [-0.2, -0.15) is 12.7 Å². The van der Waals surface area contributed by atoms with Crippen molar-refractivity contribution >= 4 is 27.7 Å². The molecule has 3 aromatic rings. The molecule has 0 heterocycles. The Balaban J connectivity index is 2.05. The quantitative estimate of drug-likeness (QED) is 0.402. The Bertz CT molecular complexity index is 1340. The number of hydrogen-bond donors (Lipinski definition) is 1. The molecule has 0 radical (unpaired) electrons. The van der Waals surface area contributed by atoms with Crippen molar-refractivity contribution in [3.8, 4) is 0 Å². The average Bonchev–Trinajstić information content (AvgIpc) is 2.90. The molecule has 0 spiro atoms. The van der Waals surface area contributed by atoms with Gasteiger partial charge in [0.1, 0.15) is 24.2 Å². The summed E-state index contributed by atoms with van der Waals surface area (Å²) in [6, 6.07) is 18.2. The molecule has 0 unspecified atom stereocenters. The van der Waals surface area contributed by atoms with Crippen LogP contribution in [0.2, 0.25) is 0 Å². The lowest BCUT2D eigenvalue weighted by Gasteiger charge is -2.34. The van der Waals surface area contributed by atoms with Gasteiger partial charge in [-0.15, -0.1) is 0 Å². The fraction of sp³-hybridized carbons (Fsp3) is 0.259. The molecule has 2 amide bonds. The van der Waals surface area contributed by atoms with Crippen molar-refractivity contribution in [3.63, 3.8) is 0 Å². The minimum Gasteiger partial charge on any atom is -0.357 e. The molecule has 3 aromatic carbocycles. The van der Waals surface area contributed by atoms with Crippen LogP contribution in [0.4, 0.5) is 14.5 Å². The van der Waals surface area contributed by atoms with E-state index in [1.54, 1.807) is 0 Å². The number of likely N-dealkylation sites (N-methyl/N-ethyl adjacent to an activating group) is 1. The number of benzene rings is 3. The van der Waals surface area contributed by atoms with Crippen LogP contribution in [-0.2, 0) is 32.8 Å². The van der Waals surface area contributed by atoms with Crippen molar-refractivity contribution in [2.45, 2.75) is 19.0 Å². The molecular formula is C27H30F2N4O4S. The van der Waals surface area contributed by atoms with Gasteiger partial charge >= 0.3 is 10.2 Å². The molecule has 0 saturated carbocycles. The van der Waals surface area contributed by atoms with Crippen LogP contribution in [0.3, 0.4) is 0 Å². The summed E-state index contributed by atoms with van der Waals surface area (Å²) in [6.45, 7) is -0.737. The van der Waals surface area contributed by atoms with Crippen LogP contribution in [0.15, 0.2) is 78.9 Å². The maximum Gasteiger partial charge on any atom is 0.304 e. The van der Waals surface area contributed by atoms with E-state index in [1.165, 1.54) is 62.4 Å². The molecule has 3 rings (SSSR count). The number of amides is 2. The Kier molecular flexibility index (Phi) is 9.54. The highest BCUT2D eigenvalue weighted by Gasteiger charge is 2.34. The summed E-state index contributed by atoms with van der Waals surface area (Å²) in [5.41, 5.74) is 1.41. The van der Waals surface area contributed by atoms with Crippen molar-refractivity contribution in [1.82, 2.24) is 14.5 Å². The Labute approximate surface area is 221 Å². The fourth-order valence-corrected chi connectivity index (χ4v) is 4.89. The first-order valence-corrected chi connectivity index (χ1v) is 13.2. The zero-order chi connectivity index (χ0) is 27.9. The Morgan fingerprint density at radius 3 is 1.92 bits per heavy atom. The first kappa shape index (κ1) is 28.7. The number of halogens is 2. The maximum atomic E-state index is 13.9. The predicted molar refractivity (Wildman–Crippen MR) is 141 cm³/mol. The monoisotopic (exact) mass is 544 g/mol. The molecule has 0 aromatic heterocycles. The number of nitrogens with zero attached hydrogens (tertiary/aromatic N) is 3. The zero-order valence-electron chi connectivity index (χ0n) is 21.3. The van der Waals surface area contributed by atoms with Crippen molar-refractivity contribution in [2.24, 2.45) is 0 Å². The molecule has 202 valence electrons. The topological polar surface area (TPSA) is 90.0 Å². The minimum absolute atomic E-state index is 0.0785. The summed E-state index contributed by atoms with van der Waals surface area (Å²) in [5, 5.41) is 2.58. The molecule has 11 heteroatoms. The average molecular weight is 545 g/mol. The SMILES string of the molecule is CNC(=O)[C@H](Cc1ccccc1)N(Cc1ccc(F)cc1)C(=O)CN(c1ccc(F)cc1)S(=O)(=O)N(C)C. The van der Waals surface area contributed by atoms with E-state index in [-0.39, 0.29) is 18.7 Å². The van der Waals surface area contributed by atoms with E-state index in [1.807, 2.05) is 30.3 Å². The Morgan fingerprint density at radius 2 is 1.39 bits per heavy atom. The minimum atomic E-state index is -4.18. The molecule has 0 saturated heterocycles. The van der Waals surface area contributed by atoms with E-state index in [0.29, 0.717) is 5.56 Å². The molecule has 0 bridgehead atoms. The van der Waals surface area contributed by atoms with Crippen molar-refractivity contribution < 1.29 is 26.8 Å². The first-order valence-electron chi connectivity index (χ1n) is 11.8. The lowest BCUT2D eigenvalue weighted by Crippen LogP contribution is -2.53. The summed E-state index contributed by atoms with van der Waals surface area (Å²) >= 11 is 0. The van der Waals surface area contributed by atoms with Crippen LogP contribution in [0.1, 0.15) is 11.1 Å². The van der Waals surface area contributed by atoms with E-state index in [9.17, 15) is 26.8 Å². The fourth-order valence-electron chi connectivity index (χ4n) is 3.83. The summed E-state index contributed by atoms with van der Waals surface area (Å²) in [5.74, 6) is -2.15. The molecule has 38 heavy (non-hydrogen) atoms. The third-order valence-electron chi connectivity index (χ3n) is 5.92. The van der Waals surface area contributed by atoms with Crippen LogP contribution in [0, 0.1) is 11.6 Å². The van der Waals surface area contributed by atoms with E-state index in [4.69, 9.17) is 0 Å². The smallest absolute Gasteiger partial charge is 0.304 e. The van der Waals surface area contributed by atoms with Gasteiger partial charge in [-0.25, -0.2) is 13.1 Å². The second-order valence-electron chi connectivity index (χ2n) is 8.74. The molecule has 0 aliphatic heterocycles. The van der Waals surface area contributed by atoms with Crippen LogP contribution < -0.4 is 9.62 Å². The van der Waals surface area contributed by atoms with E-state index in [0.717, 1.165) is 26.3 Å². The number of nitrogens with one attached hydrogen (secondary N) is 1. The number of rotatable bonds is 11. The van der Waals surface area contributed by atoms with Gasteiger partial charge in [0.05, 0.1) is 5.69 Å². The van der Waals surface area contributed by atoms with Gasteiger partial charge in [-0.1, -0.05) is 42.5 Å². The van der Waals surface area contributed by atoms with Crippen molar-refractivity contribution in [1.29, 1.82) is 0 Å². The van der Waals surface area contributed by atoms with E-state index >= 15 is 0 Å². The lowest BCUT2D eigenvalue weighted by molar-refractivity contribution is -0.139. The normalized spacial score (nSPS) is 12.2. The third-order valence-corrected chi connectivity index (χ3v) is 7.74. The summed E-state index contributed by atoms with van der Waals surface area (Å²) in [7, 11) is -0.0995. The van der Waals surface area contributed by atoms with Crippen molar-refractivity contribution in [2.75, 3.05) is 32.0 Å². The highest BCUT2D eigenvalue weighted by Crippen LogP contribution is 2.22. The lowest BCUT2D eigenvalue weighted by atomic mass is 10.0. The van der Waals surface area contributed by atoms with Gasteiger partial charge < -0.3 is 10.2 Å². The summed E-state index contributed by atoms with van der Waals surface area (Å²) < 4.78 is 55.3. The van der Waals surface area contributed by atoms with Crippen LogP contribution in [0.5, 0.6) is 0 Å². The molecule has 0 fully saturated rings. The highest BCUT2D eigenvalue weighted by molar-refractivity contribution is 7.90. The van der Waals surface area contributed by atoms with Gasteiger partial charge in [-0.05, 0) is 47.5 Å². The van der Waals surface area contributed by atoms with Crippen molar-refractivity contribution in [3.05, 3.63) is 102 Å². The number of carbonyl (C=O) groups is 2. The molecule has 0 aliphatic carbocycles. The number of anilines is 1. The van der Waals surface area contributed by atoms with Gasteiger partial charge in [-0.3, -0.25) is 9.59 Å². The Morgan fingerprint density at radius 1 is 0.842 bits per heavy atom. The van der Waals surface area contributed by atoms with Gasteiger partial charge in [0, 0.05) is 34.1 Å². The Hall–Kier alpha value is -3.83. The largest absolute Gasteiger partial charge is 0.357 e. The predicted octanol–water partition coefficient (Wildman–Crippen LogP) is 2.96. The first-order chi connectivity index (χ1) is 18.0. The second-order valence-corrected chi connectivity index (χ2v) is 10.8. The van der Waals surface area contributed by atoms with Gasteiger partial charge in [0.2, 0.25) is 11.8 Å². The van der Waals surface area contributed by atoms with E-state index < -0.39 is 46.2 Å². The standard InChI is InChI=1S/C27H30F2N4O4S/c1-30-27(35)25(17-20-7-5-4-6-8-20)32(18-21-9-11-22(28)12-10-21)26(34)19-33(38(36,37)31(2)3)24-15-13-23(29)14-16-24/h4-16,25H,17-19H2,1-3H3,(H,30,35)/t25-/m0/s1. The highest BCUT2D eigenvalue weighted by atomic mass is 32.2. The third kappa shape index (κ3) is 7.14. The van der Waals surface area contributed by atoms with Gasteiger partial charge in [0.25, 0.3) is 0 Å². The molecule has 1 N–H and O–H groups in total. The van der Waals surface area contributed by atoms with Crippen LogP contribution >= 0.6 is 0 Å². The second kappa shape index (κ2) is 12.6. The summed E-state index contributed by atoms with van der Waals surface area (Å²) in [6.07, 6.45) is 0.157. The number of carbonyl (C=O) groups excluding carboxylic acids is 2. The molecular weight excluding hydrogens is 514 g/mol. The van der Waals surface area contributed by atoms with E-state index in [2.05, 4.69) is 5.32 Å². The van der Waals surface area contributed by atoms with Crippen LogP contribution in [-0.4, -0.2) is 63.2 Å². The van der Waals surface area contributed by atoms with Crippen LogP contribution in [0.25, 0.3) is 0 Å². The maximum absolute atomic E-state index is 13.9. The molecule has 8 nitrogen and oxygen atoms in total. The zero-order valence-corrected chi connectivity index (χ0v) is 22.2. The van der Waals surface area contributed by atoms with Gasteiger partial charge in [0.15, 0.2) is 0 Å². The molecule has 1 atom stereocenters. The number of hydrogen-bond acceptors (Lipinski definition) is 4. The summed E-state index contributed by atoms with van der Waals surface area (Å²) in [4.78, 5) is 28.2.